The number of carbonyl (C=O) groups is 2. The number of hydrogen-bond donors (Lipinski definition) is 0. The van der Waals surface area contributed by atoms with Gasteiger partial charge in [0.05, 0.1) is 0 Å². The van der Waals surface area contributed by atoms with E-state index in [1.165, 1.54) is 19.6 Å². The minimum Gasteiger partial charge on any atom is -0.406 e. The molecule has 4 heteroatoms. The Hall–Kier alpha value is -0.234. The van der Waals surface area contributed by atoms with E-state index in [0.29, 0.717) is 12.0 Å². The molecule has 0 heterocycles. The number of rotatable bonds is 7. The number of Topliss-reactive ketones (excluding diaryl/α,β-unsaturated/α-hetero) is 1. The van der Waals surface area contributed by atoms with Gasteiger partial charge in [-0.2, -0.15) is 0 Å². The number of carbonyl (C=O) groups excluding carboxylic acids is 2. The van der Waals surface area contributed by atoms with Crippen LogP contribution in [-0.4, -0.2) is 24.8 Å². The van der Waals surface area contributed by atoms with E-state index in [1.807, 2.05) is 18.2 Å². The molecule has 96 valence electrons. The molecule has 0 N–H and O–H groups in total. The van der Waals surface area contributed by atoms with E-state index in [0.717, 1.165) is 0 Å². The summed E-state index contributed by atoms with van der Waals surface area (Å²) in [5.41, 5.74) is 0.616. The molecule has 1 aromatic rings. The van der Waals surface area contributed by atoms with E-state index in [4.69, 9.17) is 4.74 Å². The van der Waals surface area contributed by atoms with Crippen LogP contribution in [0.2, 0.25) is 0 Å². The first-order valence-electron chi connectivity index (χ1n) is 5.85. The van der Waals surface area contributed by atoms with Crippen LogP contribution in [0.15, 0.2) is 42.5 Å². The van der Waals surface area contributed by atoms with Crippen LogP contribution in [0.4, 0.5) is 0 Å². The molecule has 1 unspecified atom stereocenters. The SMILES string of the molecule is CCC(=O)[CH-]C(/C=C/C(=O)c1ccccc1)OC.[K+]. The van der Waals surface area contributed by atoms with E-state index in [9.17, 15) is 9.59 Å². The second-order valence-electron chi connectivity index (χ2n) is 3.78. The van der Waals surface area contributed by atoms with Crippen LogP contribution >= 0.6 is 0 Å². The zero-order chi connectivity index (χ0) is 13.4. The van der Waals surface area contributed by atoms with Gasteiger partial charge in [0.2, 0.25) is 0 Å². The van der Waals surface area contributed by atoms with Crippen LogP contribution in [0.1, 0.15) is 23.7 Å². The first-order chi connectivity index (χ1) is 8.67. The van der Waals surface area contributed by atoms with Gasteiger partial charge in [-0.3, -0.25) is 11.2 Å². The Morgan fingerprint density at radius 1 is 1.32 bits per heavy atom. The summed E-state index contributed by atoms with van der Waals surface area (Å²) in [5.74, 6) is -0.103. The maximum Gasteiger partial charge on any atom is 1.00 e. The maximum absolute atomic E-state index is 11.8. The van der Waals surface area contributed by atoms with Crippen molar-refractivity contribution in [2.75, 3.05) is 7.11 Å². The molecule has 3 nitrogen and oxygen atoms in total. The topological polar surface area (TPSA) is 43.4 Å². The Kier molecular flexibility index (Phi) is 10.4. The van der Waals surface area contributed by atoms with Gasteiger partial charge in [-0.05, 0) is 18.6 Å². The van der Waals surface area contributed by atoms with Gasteiger partial charge >= 0.3 is 51.4 Å². The molecule has 0 aliphatic rings. The molecule has 1 aromatic carbocycles. The number of allylic oxidation sites excluding steroid dienone is 1. The van der Waals surface area contributed by atoms with Crippen LogP contribution in [0, 0.1) is 6.42 Å². The second kappa shape index (κ2) is 10.5. The summed E-state index contributed by atoms with van der Waals surface area (Å²) in [7, 11) is 1.50. The second-order valence-corrected chi connectivity index (χ2v) is 3.78. The third kappa shape index (κ3) is 7.20. The van der Waals surface area contributed by atoms with Gasteiger partial charge in [-0.15, -0.1) is 0 Å². The number of ether oxygens (including phenoxy) is 1. The molecule has 1 rings (SSSR count). The summed E-state index contributed by atoms with van der Waals surface area (Å²) < 4.78 is 5.09. The maximum atomic E-state index is 11.8. The molecule has 1 atom stereocenters. The van der Waals surface area contributed by atoms with E-state index < -0.39 is 6.10 Å². The normalized spacial score (nSPS) is 11.7. The van der Waals surface area contributed by atoms with Crippen molar-refractivity contribution in [1.82, 2.24) is 0 Å². The fourth-order valence-corrected chi connectivity index (χ4v) is 1.38. The fourth-order valence-electron chi connectivity index (χ4n) is 1.38. The molecule has 0 aliphatic carbocycles. The van der Waals surface area contributed by atoms with E-state index in [1.54, 1.807) is 25.1 Å². The monoisotopic (exact) mass is 284 g/mol. The van der Waals surface area contributed by atoms with Crippen molar-refractivity contribution in [2.24, 2.45) is 0 Å². The van der Waals surface area contributed by atoms with Crippen molar-refractivity contribution in [3.63, 3.8) is 0 Å². The summed E-state index contributed by atoms with van der Waals surface area (Å²) in [4.78, 5) is 23.0. The Morgan fingerprint density at radius 2 is 1.95 bits per heavy atom. The van der Waals surface area contributed by atoms with Gasteiger partial charge in [-0.1, -0.05) is 43.3 Å². The molecule has 0 radical (unpaired) electrons. The van der Waals surface area contributed by atoms with Gasteiger partial charge in [0.1, 0.15) is 0 Å². The Balaban J connectivity index is 0.00000324. The molecule has 0 saturated carbocycles. The predicted molar refractivity (Wildman–Crippen MR) is 70.3 cm³/mol. The minimum atomic E-state index is -0.454. The molecular weight excluding hydrogens is 267 g/mol. The molecule has 0 saturated heterocycles. The first kappa shape index (κ1) is 18.8. The standard InChI is InChI=1S/C15H17O3.K/c1-3-13(16)11-14(18-2)9-10-15(17)12-7-5-4-6-8-12;/h4-11,14H,3H2,1-2H3;/q-1;+1/b10-9+;. The molecule has 0 aromatic heterocycles. The number of methoxy groups -OCH3 is 1. The van der Waals surface area contributed by atoms with Gasteiger partial charge in [0, 0.05) is 18.5 Å². The van der Waals surface area contributed by atoms with Gasteiger partial charge < -0.3 is 9.53 Å². The van der Waals surface area contributed by atoms with Crippen molar-refractivity contribution in [1.29, 1.82) is 0 Å². The fraction of sp³-hybridized carbons (Fsp3) is 0.267. The summed E-state index contributed by atoms with van der Waals surface area (Å²) in [6, 6.07) is 8.96. The first-order valence-corrected chi connectivity index (χ1v) is 5.85. The third-order valence-corrected chi connectivity index (χ3v) is 2.47. The zero-order valence-electron chi connectivity index (χ0n) is 11.6. The molecule has 0 spiro atoms. The average Bonchev–Trinajstić information content (AvgIpc) is 2.43. The van der Waals surface area contributed by atoms with Crippen molar-refractivity contribution in [2.45, 2.75) is 19.4 Å². The summed E-state index contributed by atoms with van der Waals surface area (Å²) >= 11 is 0. The van der Waals surface area contributed by atoms with Gasteiger partial charge in [0.25, 0.3) is 0 Å². The van der Waals surface area contributed by atoms with Crippen LogP contribution in [0.5, 0.6) is 0 Å². The van der Waals surface area contributed by atoms with E-state index in [-0.39, 0.29) is 63.0 Å². The number of ketones is 2. The van der Waals surface area contributed by atoms with Crippen LogP contribution in [0.25, 0.3) is 0 Å². The van der Waals surface area contributed by atoms with E-state index in [2.05, 4.69) is 0 Å². The molecular formula is C15H17KO3. The largest absolute Gasteiger partial charge is 1.00 e. The Labute approximate surface area is 156 Å². The Morgan fingerprint density at radius 3 is 2.47 bits per heavy atom. The molecule has 0 bridgehead atoms. The van der Waals surface area contributed by atoms with Crippen molar-refractivity contribution in [3.05, 3.63) is 54.5 Å². The summed E-state index contributed by atoms with van der Waals surface area (Å²) in [5, 5.41) is 0. The quantitative estimate of drug-likeness (QED) is 0.297. The van der Waals surface area contributed by atoms with Crippen LogP contribution in [-0.2, 0) is 9.53 Å². The molecule has 0 aliphatic heterocycles. The van der Waals surface area contributed by atoms with Gasteiger partial charge in [-0.25, -0.2) is 0 Å². The molecule has 0 amide bonds. The Bertz CT molecular complexity index is 426. The molecule has 19 heavy (non-hydrogen) atoms. The zero-order valence-corrected chi connectivity index (χ0v) is 14.8. The van der Waals surface area contributed by atoms with Crippen molar-refractivity contribution in [3.8, 4) is 0 Å². The van der Waals surface area contributed by atoms with Crippen molar-refractivity contribution < 1.29 is 65.7 Å². The number of benzene rings is 1. The van der Waals surface area contributed by atoms with Crippen LogP contribution in [0.3, 0.4) is 0 Å². The minimum absolute atomic E-state index is 0. The summed E-state index contributed by atoms with van der Waals surface area (Å²) in [6.45, 7) is 1.78. The molecule has 0 fully saturated rings. The van der Waals surface area contributed by atoms with E-state index >= 15 is 0 Å². The third-order valence-electron chi connectivity index (χ3n) is 2.47. The van der Waals surface area contributed by atoms with Crippen LogP contribution < -0.4 is 51.4 Å². The summed E-state index contributed by atoms with van der Waals surface area (Å²) in [6.07, 6.45) is 4.46. The smallest absolute Gasteiger partial charge is 0.406 e. The van der Waals surface area contributed by atoms with Crippen molar-refractivity contribution >= 4 is 11.6 Å². The predicted octanol–water partition coefficient (Wildman–Crippen LogP) is -0.372. The number of hydrogen-bond acceptors (Lipinski definition) is 3. The average molecular weight is 284 g/mol. The van der Waals surface area contributed by atoms with Gasteiger partial charge in [0.15, 0.2) is 5.78 Å².